The van der Waals surface area contributed by atoms with Crippen LogP contribution in [0.4, 0.5) is 0 Å². The van der Waals surface area contributed by atoms with E-state index in [1.807, 2.05) is 0 Å². The number of carbonyl (C=O) groups excluding carboxylic acids is 2. The number of rotatable bonds is 52. The van der Waals surface area contributed by atoms with Crippen LogP contribution < -0.4 is 0 Å². The van der Waals surface area contributed by atoms with Gasteiger partial charge in [-0.25, -0.2) is 0 Å². The molecule has 5 heteroatoms. The molecule has 0 aromatic carbocycles. The van der Waals surface area contributed by atoms with Crippen molar-refractivity contribution in [2.75, 3.05) is 19.8 Å². The quantitative estimate of drug-likeness (QED) is 0.0346. The average Bonchev–Trinajstić information content (AvgIpc) is 3.32. The van der Waals surface area contributed by atoms with Gasteiger partial charge in [0.15, 0.2) is 6.10 Å². The van der Waals surface area contributed by atoms with Crippen LogP contribution >= 0.6 is 0 Å². The molecule has 0 N–H and O–H groups in total. The average molecular weight is 922 g/mol. The topological polar surface area (TPSA) is 61.8 Å². The van der Waals surface area contributed by atoms with E-state index in [0.29, 0.717) is 19.4 Å². The Balaban J connectivity index is 4.29. The van der Waals surface area contributed by atoms with Gasteiger partial charge in [-0.15, -0.1) is 0 Å². The van der Waals surface area contributed by atoms with Gasteiger partial charge >= 0.3 is 11.9 Å². The molecule has 0 aliphatic rings. The zero-order chi connectivity index (χ0) is 47.7. The van der Waals surface area contributed by atoms with Crippen molar-refractivity contribution in [1.82, 2.24) is 0 Å². The van der Waals surface area contributed by atoms with Gasteiger partial charge in [-0.1, -0.05) is 229 Å². The van der Waals surface area contributed by atoms with Gasteiger partial charge in [-0.05, 0) is 109 Å². The minimum atomic E-state index is -0.554. The molecule has 0 saturated heterocycles. The lowest BCUT2D eigenvalue weighted by atomic mass is 10.1. The minimum Gasteiger partial charge on any atom is -0.462 e. The highest BCUT2D eigenvalue weighted by Crippen LogP contribution is 2.15. The lowest BCUT2D eigenvalue weighted by Crippen LogP contribution is -2.30. The smallest absolute Gasteiger partial charge is 0.306 e. The fourth-order valence-electron chi connectivity index (χ4n) is 7.96. The van der Waals surface area contributed by atoms with Crippen LogP contribution in [0.3, 0.4) is 0 Å². The number of allylic oxidation sites excluding steroid dienone is 12. The zero-order valence-corrected chi connectivity index (χ0v) is 44.0. The maximum absolute atomic E-state index is 12.8. The van der Waals surface area contributed by atoms with E-state index in [1.54, 1.807) is 0 Å². The molecule has 0 heterocycles. The summed E-state index contributed by atoms with van der Waals surface area (Å²) in [7, 11) is 0. The van der Waals surface area contributed by atoms with Crippen molar-refractivity contribution < 1.29 is 23.8 Å². The highest BCUT2D eigenvalue weighted by Gasteiger charge is 2.17. The fourth-order valence-corrected chi connectivity index (χ4v) is 7.96. The van der Waals surface area contributed by atoms with Crippen LogP contribution in [-0.2, 0) is 23.8 Å². The van der Waals surface area contributed by atoms with Crippen LogP contribution in [0.2, 0.25) is 0 Å². The second-order valence-corrected chi connectivity index (χ2v) is 18.8. The Hall–Kier alpha value is -2.66. The van der Waals surface area contributed by atoms with E-state index >= 15 is 0 Å². The number of esters is 2. The molecule has 0 aromatic rings. The van der Waals surface area contributed by atoms with Crippen LogP contribution in [0, 0.1) is 0 Å². The summed E-state index contributed by atoms with van der Waals surface area (Å²) in [5.74, 6) is -0.427. The summed E-state index contributed by atoms with van der Waals surface area (Å²) in [4.78, 5) is 25.5. The number of unbranched alkanes of at least 4 members (excludes halogenated alkanes) is 29. The normalized spacial score (nSPS) is 12.7. The molecule has 0 saturated carbocycles. The molecular weight excluding hydrogens is 813 g/mol. The Bertz CT molecular complexity index is 1180. The van der Waals surface area contributed by atoms with Crippen LogP contribution in [0.15, 0.2) is 72.9 Å². The zero-order valence-electron chi connectivity index (χ0n) is 44.0. The van der Waals surface area contributed by atoms with Gasteiger partial charge in [0.1, 0.15) is 6.61 Å². The lowest BCUT2D eigenvalue weighted by molar-refractivity contribution is -0.163. The highest BCUT2D eigenvalue weighted by molar-refractivity contribution is 5.70. The van der Waals surface area contributed by atoms with Gasteiger partial charge in [0.05, 0.1) is 6.61 Å². The van der Waals surface area contributed by atoms with E-state index in [9.17, 15) is 9.59 Å². The monoisotopic (exact) mass is 921 g/mol. The summed E-state index contributed by atoms with van der Waals surface area (Å²) >= 11 is 0. The molecule has 0 rings (SSSR count). The SMILES string of the molecule is CC/C=C\C/C=C\C/C=C\CCCCCCCC(=O)OCC(COCCCCCCCCCCCC/C=C\CCCCCCCC)OC(=O)CCCCCCC/C=C\C/C=C\CCCCC. The summed E-state index contributed by atoms with van der Waals surface area (Å²) in [5.41, 5.74) is 0. The van der Waals surface area contributed by atoms with E-state index in [2.05, 4.69) is 93.7 Å². The number of carbonyl (C=O) groups is 2. The summed E-state index contributed by atoms with van der Waals surface area (Å²) in [6.07, 6.45) is 73.5. The van der Waals surface area contributed by atoms with Crippen molar-refractivity contribution in [3.05, 3.63) is 72.9 Å². The molecule has 0 bridgehead atoms. The maximum atomic E-state index is 12.8. The van der Waals surface area contributed by atoms with E-state index in [1.165, 1.54) is 154 Å². The van der Waals surface area contributed by atoms with Crippen molar-refractivity contribution in [3.63, 3.8) is 0 Å². The lowest BCUT2D eigenvalue weighted by Gasteiger charge is -2.18. The Morgan fingerprint density at radius 2 is 0.682 bits per heavy atom. The molecular formula is C61H108O5. The first-order chi connectivity index (χ1) is 32.6. The summed E-state index contributed by atoms with van der Waals surface area (Å²) in [6.45, 7) is 7.68. The van der Waals surface area contributed by atoms with Crippen LogP contribution in [0.25, 0.3) is 0 Å². The maximum Gasteiger partial charge on any atom is 0.306 e. The first kappa shape index (κ1) is 63.3. The molecule has 5 nitrogen and oxygen atoms in total. The summed E-state index contributed by atoms with van der Waals surface area (Å²) in [5, 5.41) is 0. The van der Waals surface area contributed by atoms with E-state index in [-0.39, 0.29) is 25.2 Å². The van der Waals surface area contributed by atoms with Gasteiger partial charge in [-0.3, -0.25) is 9.59 Å². The Labute approximate surface area is 410 Å². The van der Waals surface area contributed by atoms with Gasteiger partial charge < -0.3 is 14.2 Å². The largest absolute Gasteiger partial charge is 0.462 e. The van der Waals surface area contributed by atoms with Gasteiger partial charge in [-0.2, -0.15) is 0 Å². The van der Waals surface area contributed by atoms with Gasteiger partial charge in [0, 0.05) is 19.4 Å². The third-order valence-corrected chi connectivity index (χ3v) is 12.2. The first-order valence-corrected chi connectivity index (χ1v) is 28.5. The van der Waals surface area contributed by atoms with E-state index < -0.39 is 6.10 Å². The first-order valence-electron chi connectivity index (χ1n) is 28.5. The molecule has 382 valence electrons. The molecule has 0 spiro atoms. The number of hydrogen-bond donors (Lipinski definition) is 0. The van der Waals surface area contributed by atoms with Gasteiger partial charge in [0.2, 0.25) is 0 Å². The molecule has 66 heavy (non-hydrogen) atoms. The van der Waals surface area contributed by atoms with Crippen molar-refractivity contribution in [2.45, 2.75) is 284 Å². The van der Waals surface area contributed by atoms with Crippen LogP contribution in [0.1, 0.15) is 278 Å². The Morgan fingerprint density at radius 1 is 0.348 bits per heavy atom. The second kappa shape index (κ2) is 56.7. The minimum absolute atomic E-state index is 0.0691. The fraction of sp³-hybridized carbons (Fsp3) is 0.770. The molecule has 0 fully saturated rings. The third-order valence-electron chi connectivity index (χ3n) is 12.2. The molecule has 0 amide bonds. The molecule has 0 aliphatic carbocycles. The number of ether oxygens (including phenoxy) is 3. The third kappa shape index (κ3) is 54.0. The predicted molar refractivity (Wildman–Crippen MR) is 288 cm³/mol. The van der Waals surface area contributed by atoms with Crippen LogP contribution in [0.5, 0.6) is 0 Å². The molecule has 0 aliphatic heterocycles. The Kier molecular flexibility index (Phi) is 54.4. The summed E-state index contributed by atoms with van der Waals surface area (Å²) in [6, 6.07) is 0. The molecule has 0 radical (unpaired) electrons. The molecule has 0 aromatic heterocycles. The van der Waals surface area contributed by atoms with Crippen molar-refractivity contribution in [2.24, 2.45) is 0 Å². The standard InChI is InChI=1S/C61H108O5/c1-4-7-10-13-16-19-22-25-28-29-30-31-32-35-38-41-44-47-50-53-56-64-57-59(66-61(63)55-52-49-46-43-40-37-34-27-24-21-18-15-12-9-6-3)58-65-60(62)54-51-48-45-42-39-36-33-26-23-20-17-14-11-8-5-2/h8,11,17-18,20-21,25-28,33-34,59H,4-7,9-10,12-16,19,22-24,29-32,35-58H2,1-3H3/b11-8-,20-17-,21-18-,28-25-,33-26-,34-27-. The molecule has 1 unspecified atom stereocenters. The number of hydrogen-bond acceptors (Lipinski definition) is 5. The second-order valence-electron chi connectivity index (χ2n) is 18.8. The summed E-state index contributed by atoms with van der Waals surface area (Å²) < 4.78 is 17.5. The van der Waals surface area contributed by atoms with E-state index in [0.717, 1.165) is 89.9 Å². The van der Waals surface area contributed by atoms with E-state index in [4.69, 9.17) is 14.2 Å². The molecule has 1 atom stereocenters. The predicted octanol–water partition coefficient (Wildman–Crippen LogP) is 19.5. The van der Waals surface area contributed by atoms with Gasteiger partial charge in [0.25, 0.3) is 0 Å². The van der Waals surface area contributed by atoms with Crippen molar-refractivity contribution in [1.29, 1.82) is 0 Å². The highest BCUT2D eigenvalue weighted by atomic mass is 16.6. The van der Waals surface area contributed by atoms with Crippen molar-refractivity contribution in [3.8, 4) is 0 Å². The van der Waals surface area contributed by atoms with Crippen molar-refractivity contribution >= 4 is 11.9 Å². The van der Waals surface area contributed by atoms with Crippen LogP contribution in [-0.4, -0.2) is 37.9 Å². The Morgan fingerprint density at radius 3 is 1.14 bits per heavy atom.